The van der Waals surface area contributed by atoms with E-state index in [0.717, 1.165) is 0 Å². The molecule has 0 aliphatic carbocycles. The van der Waals surface area contributed by atoms with Crippen molar-refractivity contribution < 1.29 is 9.59 Å². The highest BCUT2D eigenvalue weighted by atomic mass is 35.5. The average Bonchev–Trinajstić information content (AvgIpc) is 2.48. The number of urea groups is 1. The quantitative estimate of drug-likeness (QED) is 0.839. The van der Waals surface area contributed by atoms with Crippen molar-refractivity contribution in [2.24, 2.45) is 0 Å². The molecule has 4 nitrogen and oxygen atoms in total. The molecule has 0 unspecified atom stereocenters. The van der Waals surface area contributed by atoms with Crippen LogP contribution in [0.5, 0.6) is 0 Å². The summed E-state index contributed by atoms with van der Waals surface area (Å²) in [6.45, 7) is 1.44. The third-order valence-electron chi connectivity index (χ3n) is 1.31. The van der Waals surface area contributed by atoms with E-state index in [1.54, 1.807) is 12.1 Å². The van der Waals surface area contributed by atoms with Crippen LogP contribution in [0.2, 0.25) is 4.34 Å². The van der Waals surface area contributed by atoms with Crippen LogP contribution in [-0.4, -0.2) is 18.4 Å². The average molecular weight is 233 g/mol. The topological polar surface area (TPSA) is 58.2 Å². The number of carbonyl (C=O) groups excluding carboxylic acids is 2. The largest absolute Gasteiger partial charge is 0.331 e. The molecule has 1 aromatic heterocycles. The van der Waals surface area contributed by atoms with Crippen LogP contribution in [0, 0.1) is 0 Å². The van der Waals surface area contributed by atoms with Crippen molar-refractivity contribution in [1.29, 1.82) is 0 Å². The second kappa shape index (κ2) is 4.97. The normalized spacial score (nSPS) is 9.57. The molecule has 0 atom stereocenters. The summed E-state index contributed by atoms with van der Waals surface area (Å²) in [6.07, 6.45) is 0. The van der Waals surface area contributed by atoms with Gasteiger partial charge in [0.15, 0.2) is 0 Å². The lowest BCUT2D eigenvalue weighted by Gasteiger charge is -2.02. The Morgan fingerprint density at radius 3 is 2.71 bits per heavy atom. The minimum absolute atomic E-state index is 0.0327. The highest BCUT2D eigenvalue weighted by Crippen LogP contribution is 2.25. The van der Waals surface area contributed by atoms with Gasteiger partial charge < -0.3 is 5.32 Å². The molecule has 0 aliphatic rings. The number of Topliss-reactive ketones (excluding diaryl/α,β-unsaturated/α-hetero) is 1. The van der Waals surface area contributed by atoms with Crippen molar-refractivity contribution in [1.82, 2.24) is 5.32 Å². The zero-order chi connectivity index (χ0) is 10.6. The molecule has 0 spiro atoms. The van der Waals surface area contributed by atoms with Gasteiger partial charge in [-0.05, 0) is 19.1 Å². The smallest absolute Gasteiger partial charge is 0.320 e. The fourth-order valence-corrected chi connectivity index (χ4v) is 1.68. The minimum atomic E-state index is -0.404. The van der Waals surface area contributed by atoms with E-state index in [4.69, 9.17) is 11.6 Å². The molecular formula is C8H9ClN2O2S. The van der Waals surface area contributed by atoms with Crippen LogP contribution in [0.3, 0.4) is 0 Å². The van der Waals surface area contributed by atoms with Crippen LogP contribution < -0.4 is 10.6 Å². The monoisotopic (exact) mass is 232 g/mol. The van der Waals surface area contributed by atoms with Crippen LogP contribution in [0.1, 0.15) is 6.92 Å². The Morgan fingerprint density at radius 2 is 2.21 bits per heavy atom. The minimum Gasteiger partial charge on any atom is -0.331 e. The van der Waals surface area contributed by atoms with Gasteiger partial charge in [-0.25, -0.2) is 4.79 Å². The Hall–Kier alpha value is -1.07. The van der Waals surface area contributed by atoms with Gasteiger partial charge in [-0.2, -0.15) is 0 Å². The summed E-state index contributed by atoms with van der Waals surface area (Å²) in [7, 11) is 0. The first-order valence-corrected chi connectivity index (χ1v) is 5.07. The summed E-state index contributed by atoms with van der Waals surface area (Å²) in [4.78, 5) is 21.7. The van der Waals surface area contributed by atoms with E-state index in [1.165, 1.54) is 18.3 Å². The summed E-state index contributed by atoms with van der Waals surface area (Å²) in [5.74, 6) is -0.0932. The third-order valence-corrected chi connectivity index (χ3v) is 2.45. The summed E-state index contributed by atoms with van der Waals surface area (Å²) in [5, 5.41) is 5.60. The highest BCUT2D eigenvalue weighted by molar-refractivity contribution is 7.20. The summed E-state index contributed by atoms with van der Waals surface area (Å²) in [6, 6.07) is 2.98. The lowest BCUT2D eigenvalue weighted by molar-refractivity contribution is -0.116. The highest BCUT2D eigenvalue weighted by Gasteiger charge is 2.03. The Balaban J connectivity index is 2.37. The number of anilines is 1. The molecule has 1 aromatic rings. The number of ketones is 1. The molecule has 6 heteroatoms. The van der Waals surface area contributed by atoms with E-state index in [9.17, 15) is 9.59 Å². The molecule has 76 valence electrons. The fraction of sp³-hybridized carbons (Fsp3) is 0.250. The Bertz CT molecular complexity index is 351. The summed E-state index contributed by atoms with van der Waals surface area (Å²) >= 11 is 6.92. The van der Waals surface area contributed by atoms with Gasteiger partial charge in [0, 0.05) is 0 Å². The van der Waals surface area contributed by atoms with Gasteiger partial charge in [-0.15, -0.1) is 11.3 Å². The number of nitrogens with one attached hydrogen (secondary N) is 2. The Labute approximate surface area is 90.3 Å². The van der Waals surface area contributed by atoms with Crippen molar-refractivity contribution >= 4 is 39.8 Å². The van der Waals surface area contributed by atoms with Crippen LogP contribution in [0.25, 0.3) is 0 Å². The molecule has 1 heterocycles. The number of rotatable bonds is 3. The van der Waals surface area contributed by atoms with Gasteiger partial charge in [0.05, 0.1) is 15.9 Å². The first-order chi connectivity index (χ1) is 6.58. The van der Waals surface area contributed by atoms with E-state index in [1.807, 2.05) is 0 Å². The maximum absolute atomic E-state index is 11.1. The zero-order valence-electron chi connectivity index (χ0n) is 7.46. The number of thiophene rings is 1. The summed E-state index contributed by atoms with van der Waals surface area (Å²) < 4.78 is 0.604. The maximum Gasteiger partial charge on any atom is 0.320 e. The van der Waals surface area contributed by atoms with E-state index in [2.05, 4.69) is 10.6 Å². The van der Waals surface area contributed by atoms with Crippen LogP contribution >= 0.6 is 22.9 Å². The first kappa shape index (κ1) is 11.0. The molecule has 0 saturated heterocycles. The van der Waals surface area contributed by atoms with Crippen LogP contribution in [0.4, 0.5) is 9.80 Å². The molecule has 0 aromatic carbocycles. The van der Waals surface area contributed by atoms with E-state index in [0.29, 0.717) is 9.34 Å². The number of carbonyl (C=O) groups is 2. The summed E-state index contributed by atoms with van der Waals surface area (Å²) in [5.41, 5.74) is 0. The van der Waals surface area contributed by atoms with Crippen LogP contribution in [0.15, 0.2) is 12.1 Å². The molecule has 0 fully saturated rings. The predicted molar refractivity (Wildman–Crippen MR) is 57.0 cm³/mol. The molecular weight excluding hydrogens is 224 g/mol. The standard InChI is InChI=1S/C8H9ClN2O2S/c1-5(12)4-10-8(13)11-7-3-2-6(9)14-7/h2-3H,4H2,1H3,(H2,10,11,13). The second-order valence-corrected chi connectivity index (χ2v) is 4.33. The molecule has 2 N–H and O–H groups in total. The van der Waals surface area contributed by atoms with Crippen molar-refractivity contribution in [3.63, 3.8) is 0 Å². The van der Waals surface area contributed by atoms with Crippen molar-refractivity contribution in [3.8, 4) is 0 Å². The number of hydrogen-bond donors (Lipinski definition) is 2. The van der Waals surface area contributed by atoms with Gasteiger partial charge >= 0.3 is 6.03 Å². The SMILES string of the molecule is CC(=O)CNC(=O)Nc1ccc(Cl)s1. The maximum atomic E-state index is 11.1. The molecule has 1 rings (SSSR count). The van der Waals surface area contributed by atoms with E-state index < -0.39 is 6.03 Å². The molecule has 2 amide bonds. The number of hydrogen-bond acceptors (Lipinski definition) is 3. The number of halogens is 1. The fourth-order valence-electron chi connectivity index (χ4n) is 0.742. The van der Waals surface area contributed by atoms with Crippen molar-refractivity contribution in [3.05, 3.63) is 16.5 Å². The van der Waals surface area contributed by atoms with Gasteiger partial charge in [0.25, 0.3) is 0 Å². The predicted octanol–water partition coefficient (Wildman–Crippen LogP) is 2.11. The van der Waals surface area contributed by atoms with Gasteiger partial charge in [0.2, 0.25) is 0 Å². The van der Waals surface area contributed by atoms with Gasteiger partial charge in [-0.3, -0.25) is 10.1 Å². The lowest BCUT2D eigenvalue weighted by atomic mass is 10.4. The van der Waals surface area contributed by atoms with Crippen molar-refractivity contribution in [2.45, 2.75) is 6.92 Å². The molecule has 0 aliphatic heterocycles. The van der Waals surface area contributed by atoms with Gasteiger partial charge in [0.1, 0.15) is 5.78 Å². The molecule has 0 saturated carbocycles. The van der Waals surface area contributed by atoms with E-state index >= 15 is 0 Å². The molecule has 0 radical (unpaired) electrons. The van der Waals surface area contributed by atoms with E-state index in [-0.39, 0.29) is 12.3 Å². The first-order valence-electron chi connectivity index (χ1n) is 3.87. The van der Waals surface area contributed by atoms with Crippen LogP contribution in [-0.2, 0) is 4.79 Å². The molecule has 14 heavy (non-hydrogen) atoms. The second-order valence-electron chi connectivity index (χ2n) is 2.61. The zero-order valence-corrected chi connectivity index (χ0v) is 9.04. The van der Waals surface area contributed by atoms with Gasteiger partial charge in [-0.1, -0.05) is 11.6 Å². The lowest BCUT2D eigenvalue weighted by Crippen LogP contribution is -2.32. The molecule has 0 bridgehead atoms. The Kier molecular flexibility index (Phi) is 3.91. The number of amides is 2. The Morgan fingerprint density at radius 1 is 1.50 bits per heavy atom. The van der Waals surface area contributed by atoms with Crippen molar-refractivity contribution in [2.75, 3.05) is 11.9 Å². The third kappa shape index (κ3) is 3.76.